The maximum atomic E-state index is 11.8. The van der Waals surface area contributed by atoms with Crippen LogP contribution in [0.2, 0.25) is 0 Å². The zero-order chi connectivity index (χ0) is 15.3. The number of carbonyl (C=O) groups excluding carboxylic acids is 2. The molecule has 1 atom stereocenters. The van der Waals surface area contributed by atoms with Crippen LogP contribution in [0, 0.1) is 13.8 Å². The Morgan fingerprint density at radius 3 is 2.60 bits per heavy atom. The van der Waals surface area contributed by atoms with E-state index >= 15 is 0 Å². The molecule has 1 amide bonds. The number of amides is 1. The number of nitrogen functional groups attached to an aromatic ring is 1. The Morgan fingerprint density at radius 2 is 2.10 bits per heavy atom. The summed E-state index contributed by atoms with van der Waals surface area (Å²) in [7, 11) is 0. The first-order valence-corrected chi connectivity index (χ1v) is 6.63. The molecule has 1 heterocycles. The molecule has 1 unspecified atom stereocenters. The average Bonchev–Trinajstić information content (AvgIpc) is 2.63. The number of rotatable bonds is 6. The first kappa shape index (κ1) is 16.0. The Bertz CT molecular complexity index is 496. The number of hydrogen-bond acceptors (Lipinski definition) is 5. The summed E-state index contributed by atoms with van der Waals surface area (Å²) in [6, 6.07) is 0. The summed E-state index contributed by atoms with van der Waals surface area (Å²) >= 11 is 0. The molecule has 20 heavy (non-hydrogen) atoms. The first-order valence-electron chi connectivity index (χ1n) is 6.63. The van der Waals surface area contributed by atoms with Crippen molar-refractivity contribution < 1.29 is 14.3 Å². The Balaban J connectivity index is 2.55. The highest BCUT2D eigenvalue weighted by Crippen LogP contribution is 2.14. The minimum Gasteiger partial charge on any atom is -0.451 e. The number of ether oxygens (including phenoxy) is 1. The first-order chi connectivity index (χ1) is 9.36. The molecular weight excluding hydrogens is 260 g/mol. The molecule has 7 heteroatoms. The molecule has 0 radical (unpaired) electrons. The summed E-state index contributed by atoms with van der Waals surface area (Å²) in [4.78, 5) is 23.4. The maximum absolute atomic E-state index is 11.8. The monoisotopic (exact) mass is 282 g/mol. The van der Waals surface area contributed by atoms with Crippen molar-refractivity contribution in [1.82, 2.24) is 15.1 Å². The predicted octanol–water partition coefficient (Wildman–Crippen LogP) is 0.540. The van der Waals surface area contributed by atoms with Crippen molar-refractivity contribution in [3.05, 3.63) is 11.4 Å². The van der Waals surface area contributed by atoms with Crippen LogP contribution >= 0.6 is 0 Å². The minimum absolute atomic E-state index is 0.0602. The topological polar surface area (TPSA) is 99.2 Å². The fourth-order valence-electron chi connectivity index (χ4n) is 1.67. The van der Waals surface area contributed by atoms with Crippen LogP contribution in [-0.2, 0) is 20.9 Å². The number of nitrogens with two attached hydrogens (primary N) is 1. The molecule has 0 fully saturated rings. The molecule has 1 aromatic heterocycles. The van der Waals surface area contributed by atoms with Crippen LogP contribution in [0.5, 0.6) is 0 Å². The second-order valence-electron chi connectivity index (χ2n) is 4.67. The van der Waals surface area contributed by atoms with Crippen molar-refractivity contribution in [3.63, 3.8) is 0 Å². The van der Waals surface area contributed by atoms with E-state index in [4.69, 9.17) is 10.5 Å². The fourth-order valence-corrected chi connectivity index (χ4v) is 1.67. The lowest BCUT2D eigenvalue weighted by atomic mass is 10.3. The van der Waals surface area contributed by atoms with Gasteiger partial charge < -0.3 is 15.8 Å². The highest BCUT2D eigenvalue weighted by molar-refractivity contribution is 5.83. The van der Waals surface area contributed by atoms with Gasteiger partial charge in [0.2, 0.25) is 0 Å². The molecule has 1 rings (SSSR count). The molecule has 7 nitrogen and oxygen atoms in total. The summed E-state index contributed by atoms with van der Waals surface area (Å²) in [6.45, 7) is 7.54. The summed E-state index contributed by atoms with van der Waals surface area (Å²) < 4.78 is 6.54. The molecule has 1 aromatic rings. The standard InChI is InChI=1S/C13H22N4O3/c1-5-6-15-13(19)10(4)20-11(18)7-17-9(3)12(14)8(2)16-17/h10H,5-7,14H2,1-4H3,(H,15,19). The largest absolute Gasteiger partial charge is 0.451 e. The van der Waals surface area contributed by atoms with E-state index in [1.165, 1.54) is 4.68 Å². The normalized spacial score (nSPS) is 12.0. The smallest absolute Gasteiger partial charge is 0.328 e. The molecule has 0 aliphatic rings. The van der Waals surface area contributed by atoms with Gasteiger partial charge in [-0.15, -0.1) is 0 Å². The second-order valence-corrected chi connectivity index (χ2v) is 4.67. The van der Waals surface area contributed by atoms with Gasteiger partial charge in [-0.3, -0.25) is 14.3 Å². The highest BCUT2D eigenvalue weighted by atomic mass is 16.5. The third-order valence-corrected chi connectivity index (χ3v) is 2.94. The van der Waals surface area contributed by atoms with Crippen molar-refractivity contribution in [3.8, 4) is 0 Å². The number of carbonyl (C=O) groups is 2. The third-order valence-electron chi connectivity index (χ3n) is 2.94. The Morgan fingerprint density at radius 1 is 1.45 bits per heavy atom. The predicted molar refractivity (Wildman–Crippen MR) is 75.0 cm³/mol. The Labute approximate surface area is 118 Å². The van der Waals surface area contributed by atoms with Gasteiger partial charge in [-0.2, -0.15) is 5.10 Å². The molecule has 0 saturated carbocycles. The van der Waals surface area contributed by atoms with Crippen LogP contribution in [0.1, 0.15) is 31.7 Å². The Hall–Kier alpha value is -2.05. The second kappa shape index (κ2) is 6.93. The van der Waals surface area contributed by atoms with Gasteiger partial charge in [-0.1, -0.05) is 6.92 Å². The van der Waals surface area contributed by atoms with E-state index in [0.717, 1.165) is 6.42 Å². The molecular formula is C13H22N4O3. The average molecular weight is 282 g/mol. The molecule has 3 N–H and O–H groups in total. The van der Waals surface area contributed by atoms with Crippen LogP contribution in [0.15, 0.2) is 0 Å². The van der Waals surface area contributed by atoms with E-state index in [0.29, 0.717) is 23.6 Å². The van der Waals surface area contributed by atoms with Crippen molar-refractivity contribution >= 4 is 17.6 Å². The van der Waals surface area contributed by atoms with Crippen molar-refractivity contribution in [2.45, 2.75) is 46.8 Å². The summed E-state index contributed by atoms with van der Waals surface area (Å²) in [5.74, 6) is -0.817. The molecule has 0 aliphatic carbocycles. The molecule has 0 aromatic carbocycles. The number of aryl methyl sites for hydroxylation is 1. The lowest BCUT2D eigenvalue weighted by molar-refractivity contribution is -0.155. The number of anilines is 1. The van der Waals surface area contributed by atoms with Crippen molar-refractivity contribution in [2.24, 2.45) is 0 Å². The Kier molecular flexibility index (Phi) is 5.54. The van der Waals surface area contributed by atoms with E-state index in [2.05, 4.69) is 10.4 Å². The lowest BCUT2D eigenvalue weighted by Gasteiger charge is -2.13. The number of nitrogens with zero attached hydrogens (tertiary/aromatic N) is 2. The van der Waals surface area contributed by atoms with Gasteiger partial charge in [0.15, 0.2) is 6.10 Å². The maximum Gasteiger partial charge on any atom is 0.328 e. The van der Waals surface area contributed by atoms with Gasteiger partial charge in [0.25, 0.3) is 5.91 Å². The van der Waals surface area contributed by atoms with Crippen LogP contribution in [0.4, 0.5) is 5.69 Å². The van der Waals surface area contributed by atoms with Crippen LogP contribution < -0.4 is 11.1 Å². The number of aromatic nitrogens is 2. The van der Waals surface area contributed by atoms with Crippen LogP contribution in [0.25, 0.3) is 0 Å². The van der Waals surface area contributed by atoms with Crippen LogP contribution in [0.3, 0.4) is 0 Å². The van der Waals surface area contributed by atoms with E-state index in [-0.39, 0.29) is 12.5 Å². The SMILES string of the molecule is CCCNC(=O)C(C)OC(=O)Cn1nc(C)c(N)c1C. The third kappa shape index (κ3) is 3.97. The van der Waals surface area contributed by atoms with E-state index in [1.54, 1.807) is 20.8 Å². The van der Waals surface area contributed by atoms with Gasteiger partial charge in [-0.05, 0) is 27.2 Å². The number of esters is 1. The molecule has 112 valence electrons. The molecule has 0 bridgehead atoms. The minimum atomic E-state index is -0.816. The van der Waals surface area contributed by atoms with Gasteiger partial charge in [0, 0.05) is 6.54 Å². The molecule has 0 spiro atoms. The summed E-state index contributed by atoms with van der Waals surface area (Å²) in [5, 5.41) is 6.81. The quantitative estimate of drug-likeness (QED) is 0.742. The zero-order valence-corrected chi connectivity index (χ0v) is 12.4. The fraction of sp³-hybridized carbons (Fsp3) is 0.615. The van der Waals surface area contributed by atoms with Gasteiger partial charge >= 0.3 is 5.97 Å². The van der Waals surface area contributed by atoms with Gasteiger partial charge in [0.05, 0.1) is 17.1 Å². The van der Waals surface area contributed by atoms with E-state index in [9.17, 15) is 9.59 Å². The highest BCUT2D eigenvalue weighted by Gasteiger charge is 2.19. The van der Waals surface area contributed by atoms with E-state index < -0.39 is 12.1 Å². The van der Waals surface area contributed by atoms with Gasteiger partial charge in [-0.25, -0.2) is 0 Å². The zero-order valence-electron chi connectivity index (χ0n) is 12.4. The van der Waals surface area contributed by atoms with Crippen LogP contribution in [-0.4, -0.2) is 34.3 Å². The number of nitrogens with one attached hydrogen (secondary N) is 1. The molecule has 0 saturated heterocycles. The van der Waals surface area contributed by atoms with E-state index in [1.807, 2.05) is 6.92 Å². The lowest BCUT2D eigenvalue weighted by Crippen LogP contribution is -2.36. The summed E-state index contributed by atoms with van der Waals surface area (Å²) in [6.07, 6.45) is 0.0145. The number of hydrogen-bond donors (Lipinski definition) is 2. The molecule has 0 aliphatic heterocycles. The van der Waals surface area contributed by atoms with Crippen molar-refractivity contribution in [1.29, 1.82) is 0 Å². The van der Waals surface area contributed by atoms with Gasteiger partial charge in [0.1, 0.15) is 6.54 Å². The summed E-state index contributed by atoms with van der Waals surface area (Å²) in [5.41, 5.74) is 7.73. The van der Waals surface area contributed by atoms with Crippen molar-refractivity contribution in [2.75, 3.05) is 12.3 Å².